The van der Waals surface area contributed by atoms with Crippen molar-refractivity contribution in [3.8, 4) is 5.75 Å². The summed E-state index contributed by atoms with van der Waals surface area (Å²) in [7, 11) is 1.55. The predicted molar refractivity (Wildman–Crippen MR) is 136 cm³/mol. The van der Waals surface area contributed by atoms with Crippen LogP contribution in [0.1, 0.15) is 43.2 Å². The summed E-state index contributed by atoms with van der Waals surface area (Å²) in [5.74, 6) is 0.402. The number of rotatable bonds is 6. The Morgan fingerprint density at radius 3 is 2.29 bits per heavy atom. The van der Waals surface area contributed by atoms with Crippen LogP contribution in [0.5, 0.6) is 5.75 Å². The van der Waals surface area contributed by atoms with Gasteiger partial charge in [-0.15, -0.1) is 0 Å². The topological polar surface area (TPSA) is 101 Å². The van der Waals surface area contributed by atoms with Crippen LogP contribution in [0.25, 0.3) is 11.0 Å². The van der Waals surface area contributed by atoms with Gasteiger partial charge in [-0.3, -0.25) is 4.79 Å². The summed E-state index contributed by atoms with van der Waals surface area (Å²) in [6.45, 7) is 3.42. The molecule has 0 unspecified atom stereocenters. The lowest BCUT2D eigenvalue weighted by Gasteiger charge is -2.20. The molecule has 3 amide bonds. The van der Waals surface area contributed by atoms with Gasteiger partial charge in [-0.05, 0) is 68.1 Å². The summed E-state index contributed by atoms with van der Waals surface area (Å²) < 4.78 is 10.6. The van der Waals surface area contributed by atoms with E-state index in [4.69, 9.17) is 9.15 Å². The van der Waals surface area contributed by atoms with Crippen molar-refractivity contribution in [2.24, 2.45) is 0 Å². The number of hydrogen-bond acceptors (Lipinski definition) is 5. The van der Waals surface area contributed by atoms with Gasteiger partial charge in [0.2, 0.25) is 5.91 Å². The number of amides is 3. The number of hydrogen-bond donors (Lipinski definition) is 2. The van der Waals surface area contributed by atoms with Crippen LogP contribution < -0.4 is 21.0 Å². The normalized spacial score (nSPS) is 13.8. The molecule has 1 aliphatic heterocycles. The second kappa shape index (κ2) is 11.1. The zero-order valence-electron chi connectivity index (χ0n) is 20.2. The van der Waals surface area contributed by atoms with Gasteiger partial charge < -0.3 is 24.7 Å². The molecule has 1 aromatic heterocycles. The minimum Gasteiger partial charge on any atom is -0.497 e. The summed E-state index contributed by atoms with van der Waals surface area (Å²) >= 11 is 0. The number of methoxy groups -OCH3 is 1. The summed E-state index contributed by atoms with van der Waals surface area (Å²) in [5, 5.41) is 6.58. The van der Waals surface area contributed by atoms with Crippen LogP contribution in [0.2, 0.25) is 0 Å². The Labute approximate surface area is 204 Å². The van der Waals surface area contributed by atoms with Gasteiger partial charge in [0.1, 0.15) is 11.3 Å². The zero-order chi connectivity index (χ0) is 24.8. The molecule has 2 aromatic carbocycles. The monoisotopic (exact) mass is 477 g/mol. The predicted octanol–water partition coefficient (Wildman–Crippen LogP) is 5.09. The van der Waals surface area contributed by atoms with E-state index in [0.717, 1.165) is 36.9 Å². The number of fused-ring (bicyclic) bond motifs is 1. The van der Waals surface area contributed by atoms with Crippen molar-refractivity contribution in [2.75, 3.05) is 30.8 Å². The number of carbonyl (C=O) groups is 2. The molecular weight excluding hydrogens is 446 g/mol. The first kappa shape index (κ1) is 24.3. The summed E-state index contributed by atoms with van der Waals surface area (Å²) in [4.78, 5) is 39.4. The first-order valence-corrected chi connectivity index (χ1v) is 12.0. The maximum absolute atomic E-state index is 12.5. The molecule has 3 aromatic rings. The molecule has 1 saturated heterocycles. The number of ether oxygens (including phenoxy) is 1. The maximum Gasteiger partial charge on any atom is 0.339 e. The zero-order valence-corrected chi connectivity index (χ0v) is 20.2. The molecule has 4 rings (SSSR count). The number of urea groups is 1. The Morgan fingerprint density at radius 1 is 0.971 bits per heavy atom. The summed E-state index contributed by atoms with van der Waals surface area (Å²) in [6.07, 6.45) is 4.81. The van der Waals surface area contributed by atoms with Crippen LogP contribution in [-0.2, 0) is 11.2 Å². The van der Waals surface area contributed by atoms with Crippen LogP contribution >= 0.6 is 0 Å². The van der Waals surface area contributed by atoms with Gasteiger partial charge in [-0.2, -0.15) is 0 Å². The van der Waals surface area contributed by atoms with E-state index in [1.807, 2.05) is 24.0 Å². The number of benzene rings is 2. The molecule has 0 radical (unpaired) electrons. The molecule has 0 spiro atoms. The van der Waals surface area contributed by atoms with Gasteiger partial charge >= 0.3 is 11.7 Å². The quantitative estimate of drug-likeness (QED) is 0.482. The molecule has 0 bridgehead atoms. The van der Waals surface area contributed by atoms with Crippen molar-refractivity contribution in [3.63, 3.8) is 0 Å². The highest BCUT2D eigenvalue weighted by molar-refractivity contribution is 5.92. The van der Waals surface area contributed by atoms with Crippen LogP contribution in [0, 0.1) is 6.92 Å². The maximum atomic E-state index is 12.5. The molecule has 0 aliphatic carbocycles. The fraction of sp³-hybridized carbons (Fsp3) is 0.370. The number of carbonyl (C=O) groups excluding carboxylic acids is 2. The molecule has 0 atom stereocenters. The summed E-state index contributed by atoms with van der Waals surface area (Å²) in [6, 6.07) is 12.3. The van der Waals surface area contributed by atoms with Gasteiger partial charge in [0, 0.05) is 47.9 Å². The molecule has 0 saturated carbocycles. The number of nitrogens with zero attached hydrogens (tertiary/aromatic N) is 1. The number of aryl methyl sites for hydroxylation is 1. The smallest absolute Gasteiger partial charge is 0.339 e. The Kier molecular flexibility index (Phi) is 7.70. The van der Waals surface area contributed by atoms with Gasteiger partial charge in [-0.1, -0.05) is 12.8 Å². The van der Waals surface area contributed by atoms with Crippen molar-refractivity contribution in [2.45, 2.75) is 45.4 Å². The Balaban J connectivity index is 1.34. The number of anilines is 2. The molecular formula is C27H31N3O5. The Morgan fingerprint density at radius 2 is 1.63 bits per heavy atom. The third-order valence-corrected chi connectivity index (χ3v) is 6.41. The SMILES string of the molecule is COc1ccc2c(C)c(CCC(=O)Nc3ccc(NC(=O)N4CCCCCC4)cc3)c(=O)oc2c1. The van der Waals surface area contributed by atoms with Crippen molar-refractivity contribution in [3.05, 3.63) is 64.0 Å². The van der Waals surface area contributed by atoms with E-state index < -0.39 is 5.63 Å². The largest absolute Gasteiger partial charge is 0.497 e. The molecule has 8 heteroatoms. The van der Waals surface area contributed by atoms with Crippen molar-refractivity contribution < 1.29 is 18.7 Å². The lowest BCUT2D eigenvalue weighted by atomic mass is 10.0. The highest BCUT2D eigenvalue weighted by Gasteiger charge is 2.16. The molecule has 35 heavy (non-hydrogen) atoms. The highest BCUT2D eigenvalue weighted by Crippen LogP contribution is 2.24. The van der Waals surface area contributed by atoms with Gasteiger partial charge in [0.25, 0.3) is 0 Å². The van der Waals surface area contributed by atoms with Gasteiger partial charge in [0.05, 0.1) is 7.11 Å². The molecule has 1 fully saturated rings. The van der Waals surface area contributed by atoms with Crippen LogP contribution in [0.15, 0.2) is 51.7 Å². The Hall–Kier alpha value is -3.81. The van der Waals surface area contributed by atoms with E-state index in [2.05, 4.69) is 10.6 Å². The third-order valence-electron chi connectivity index (χ3n) is 6.41. The lowest BCUT2D eigenvalue weighted by Crippen LogP contribution is -2.35. The van der Waals surface area contributed by atoms with Crippen LogP contribution in [0.4, 0.5) is 16.2 Å². The van der Waals surface area contributed by atoms with Gasteiger partial charge in [0.15, 0.2) is 0 Å². The van der Waals surface area contributed by atoms with Crippen molar-refractivity contribution in [1.82, 2.24) is 4.90 Å². The standard InChI is InChI=1S/C27H31N3O5/c1-18-22-12-11-21(34-2)17-24(22)35-26(32)23(18)13-14-25(31)28-19-7-9-20(10-8-19)29-27(33)30-15-5-3-4-6-16-30/h7-12,17H,3-6,13-16H2,1-2H3,(H,28,31)(H,29,33). The fourth-order valence-corrected chi connectivity index (χ4v) is 4.37. The van der Waals surface area contributed by atoms with E-state index >= 15 is 0 Å². The molecule has 8 nitrogen and oxygen atoms in total. The highest BCUT2D eigenvalue weighted by atomic mass is 16.5. The van der Waals surface area contributed by atoms with E-state index in [1.165, 1.54) is 12.8 Å². The average Bonchev–Trinajstić information content (AvgIpc) is 3.14. The van der Waals surface area contributed by atoms with E-state index in [0.29, 0.717) is 28.3 Å². The first-order chi connectivity index (χ1) is 16.9. The van der Waals surface area contributed by atoms with E-state index in [1.54, 1.807) is 37.4 Å². The second-order valence-corrected chi connectivity index (χ2v) is 8.81. The van der Waals surface area contributed by atoms with Gasteiger partial charge in [-0.25, -0.2) is 9.59 Å². The minimum absolute atomic E-state index is 0.0910. The van der Waals surface area contributed by atoms with Crippen LogP contribution in [0.3, 0.4) is 0 Å². The van der Waals surface area contributed by atoms with E-state index in [-0.39, 0.29) is 24.8 Å². The molecule has 2 heterocycles. The van der Waals surface area contributed by atoms with E-state index in [9.17, 15) is 14.4 Å². The van der Waals surface area contributed by atoms with Crippen molar-refractivity contribution >= 4 is 34.3 Å². The fourth-order valence-electron chi connectivity index (χ4n) is 4.37. The molecule has 184 valence electrons. The molecule has 2 N–H and O–H groups in total. The first-order valence-electron chi connectivity index (χ1n) is 12.0. The van der Waals surface area contributed by atoms with Crippen molar-refractivity contribution in [1.29, 1.82) is 0 Å². The third kappa shape index (κ3) is 6.01. The number of likely N-dealkylation sites (tertiary alicyclic amines) is 1. The number of nitrogens with one attached hydrogen (secondary N) is 2. The average molecular weight is 478 g/mol. The van der Waals surface area contributed by atoms with Crippen LogP contribution in [-0.4, -0.2) is 37.0 Å². The minimum atomic E-state index is -0.444. The summed E-state index contributed by atoms with van der Waals surface area (Å²) in [5.41, 5.74) is 2.61. The molecule has 1 aliphatic rings. The second-order valence-electron chi connectivity index (χ2n) is 8.81. The lowest BCUT2D eigenvalue weighted by molar-refractivity contribution is -0.116. The Bertz CT molecular complexity index is 1260.